The molecule has 5 heteroatoms. The van der Waals surface area contributed by atoms with Gasteiger partial charge in [-0.15, -0.1) is 0 Å². The van der Waals surface area contributed by atoms with Gasteiger partial charge in [0.05, 0.1) is 6.61 Å². The second-order valence-corrected chi connectivity index (χ2v) is 30.0. The smallest absolute Gasteiger partial charge is 0.267 e. The van der Waals surface area contributed by atoms with E-state index in [2.05, 4.69) is 101 Å². The molecular weight excluding hydrogens is 536 g/mol. The van der Waals surface area contributed by atoms with Crippen LogP contribution in [0, 0.1) is 0 Å². The largest absolute Gasteiger partial charge is 0.493 e. The van der Waals surface area contributed by atoms with E-state index >= 15 is 0 Å². The minimum Gasteiger partial charge on any atom is -0.493 e. The van der Waals surface area contributed by atoms with E-state index in [0.717, 1.165) is 31.2 Å². The van der Waals surface area contributed by atoms with Crippen molar-refractivity contribution in [2.45, 2.75) is 51.5 Å². The number of hydrogen-bond acceptors (Lipinski definition) is 1. The van der Waals surface area contributed by atoms with Crippen LogP contribution in [0.4, 0.5) is 0 Å². The topological polar surface area (TPSA) is 9.23 Å². The molecule has 0 aromatic heterocycles. The first kappa shape index (κ1) is 22.2. The maximum atomic E-state index is 6.33. The van der Waals surface area contributed by atoms with E-state index in [-0.39, 0.29) is 0 Å². The minimum atomic E-state index is -1.56. The summed E-state index contributed by atoms with van der Waals surface area (Å²) in [4.78, 5) is 0. The molecule has 1 nitrogen and oxygen atoms in total. The highest BCUT2D eigenvalue weighted by atomic mass is 80.0. The van der Waals surface area contributed by atoms with E-state index in [1.807, 2.05) is 0 Å². The summed E-state index contributed by atoms with van der Waals surface area (Å²) >= 11 is 11.1. The molecule has 0 fully saturated rings. The molecule has 0 aliphatic carbocycles. The number of rotatable bonds is 11. The Kier molecular flexibility index (Phi) is 9.96. The Bertz CT molecular complexity index is 656. The molecule has 0 heterocycles. The van der Waals surface area contributed by atoms with Crippen molar-refractivity contribution in [1.29, 1.82) is 0 Å². The van der Waals surface area contributed by atoms with E-state index in [0.29, 0.717) is 0 Å². The van der Waals surface area contributed by atoms with Crippen molar-refractivity contribution in [2.75, 3.05) is 6.61 Å². The SMILES string of the molecule is CCCCCCc1cccc(-c2ccccc2)c1OCCC[Si](Br)(Br)Br. The van der Waals surface area contributed by atoms with Crippen molar-refractivity contribution in [3.05, 3.63) is 54.1 Å². The summed E-state index contributed by atoms with van der Waals surface area (Å²) in [5.74, 6) is 1.07. The average molecular weight is 563 g/mol. The quantitative estimate of drug-likeness (QED) is 0.152. The zero-order chi connectivity index (χ0) is 18.8. The molecule has 0 amide bonds. The van der Waals surface area contributed by atoms with Gasteiger partial charge in [-0.2, -0.15) is 0 Å². The third-order valence-electron chi connectivity index (χ3n) is 4.33. The summed E-state index contributed by atoms with van der Waals surface area (Å²) in [7, 11) is 0. The Labute approximate surface area is 182 Å². The summed E-state index contributed by atoms with van der Waals surface area (Å²) in [5, 5.41) is 0. The van der Waals surface area contributed by atoms with Crippen molar-refractivity contribution >= 4 is 49.8 Å². The van der Waals surface area contributed by atoms with Crippen LogP contribution in [0.5, 0.6) is 5.75 Å². The summed E-state index contributed by atoms with van der Waals surface area (Å²) in [6, 6.07) is 18.2. The van der Waals surface area contributed by atoms with Gasteiger partial charge in [0.15, 0.2) is 0 Å². The fourth-order valence-corrected chi connectivity index (χ4v) is 6.05. The number of hydrogen-bond donors (Lipinski definition) is 0. The Morgan fingerprint density at radius 1 is 0.846 bits per heavy atom. The molecule has 0 N–H and O–H groups in total. The van der Waals surface area contributed by atoms with Gasteiger partial charge in [0.2, 0.25) is 0 Å². The number of benzene rings is 2. The fourth-order valence-electron chi connectivity index (χ4n) is 2.99. The van der Waals surface area contributed by atoms with E-state index in [1.54, 1.807) is 0 Å². The van der Waals surface area contributed by atoms with Crippen LogP contribution in [-0.2, 0) is 6.42 Å². The van der Waals surface area contributed by atoms with Crippen molar-refractivity contribution < 1.29 is 4.74 Å². The van der Waals surface area contributed by atoms with Crippen LogP contribution in [0.2, 0.25) is 6.04 Å². The first-order chi connectivity index (χ1) is 12.5. The zero-order valence-electron chi connectivity index (χ0n) is 15.3. The molecule has 0 radical (unpaired) electrons. The highest BCUT2D eigenvalue weighted by Gasteiger charge is 2.21. The summed E-state index contributed by atoms with van der Waals surface area (Å²) in [6.45, 7) is 2.99. The first-order valence-corrected chi connectivity index (χ1v) is 18.4. The lowest BCUT2D eigenvalue weighted by Gasteiger charge is -2.17. The molecule has 0 bridgehead atoms. The van der Waals surface area contributed by atoms with Crippen molar-refractivity contribution in [3.63, 3.8) is 0 Å². The minimum absolute atomic E-state index is 0.739. The molecule has 142 valence electrons. The van der Waals surface area contributed by atoms with Crippen molar-refractivity contribution in [1.82, 2.24) is 0 Å². The lowest BCUT2D eigenvalue weighted by molar-refractivity contribution is 0.315. The molecule has 2 aromatic rings. The van der Waals surface area contributed by atoms with E-state index in [4.69, 9.17) is 4.74 Å². The van der Waals surface area contributed by atoms with Gasteiger partial charge in [0.25, 0.3) is 3.93 Å². The molecule has 0 aliphatic rings. The van der Waals surface area contributed by atoms with Crippen LogP contribution in [0.25, 0.3) is 11.1 Å². The molecule has 0 saturated carbocycles. The van der Waals surface area contributed by atoms with Gasteiger partial charge in [-0.1, -0.05) is 121 Å². The molecule has 0 unspecified atom stereocenters. The highest BCUT2D eigenvalue weighted by molar-refractivity contribution is 9.72. The Hall–Kier alpha value is -0.103. The van der Waals surface area contributed by atoms with E-state index in [9.17, 15) is 0 Å². The molecule has 0 saturated heterocycles. The van der Waals surface area contributed by atoms with E-state index in [1.165, 1.54) is 42.4 Å². The number of unbranched alkanes of at least 4 members (excludes halogenated alkanes) is 3. The molecular formula is C21H27Br3OSi. The maximum Gasteiger partial charge on any atom is 0.267 e. The third-order valence-corrected chi connectivity index (χ3v) is 8.82. The molecule has 2 rings (SSSR count). The van der Waals surface area contributed by atoms with Crippen LogP contribution in [0.3, 0.4) is 0 Å². The molecule has 0 atom stereocenters. The van der Waals surface area contributed by atoms with Crippen LogP contribution in [0.15, 0.2) is 48.5 Å². The molecule has 2 aromatic carbocycles. The summed E-state index contributed by atoms with van der Waals surface area (Å²) in [5.41, 5.74) is 3.77. The zero-order valence-corrected chi connectivity index (χ0v) is 21.1. The standard InChI is InChI=1S/C21H27Br3OSi/c1-2-3-4-6-13-19-14-9-15-20(18-11-7-5-8-12-18)21(19)25-16-10-17-26(22,23)24/h5,7-9,11-12,14-15H,2-4,6,10,13,16-17H2,1H3. The fraction of sp³-hybridized carbons (Fsp3) is 0.429. The lowest BCUT2D eigenvalue weighted by atomic mass is 9.98. The highest BCUT2D eigenvalue weighted by Crippen LogP contribution is 2.36. The van der Waals surface area contributed by atoms with Crippen LogP contribution >= 0.6 is 45.9 Å². The number of ether oxygens (including phenoxy) is 1. The van der Waals surface area contributed by atoms with Crippen LogP contribution < -0.4 is 4.74 Å². The van der Waals surface area contributed by atoms with Gasteiger partial charge in [-0.3, -0.25) is 0 Å². The Morgan fingerprint density at radius 2 is 1.62 bits per heavy atom. The van der Waals surface area contributed by atoms with Gasteiger partial charge < -0.3 is 4.74 Å². The van der Waals surface area contributed by atoms with Crippen LogP contribution in [-0.4, -0.2) is 10.5 Å². The molecule has 26 heavy (non-hydrogen) atoms. The monoisotopic (exact) mass is 560 g/mol. The second-order valence-electron chi connectivity index (χ2n) is 6.54. The van der Waals surface area contributed by atoms with Gasteiger partial charge in [0.1, 0.15) is 5.75 Å². The predicted molar refractivity (Wildman–Crippen MR) is 127 cm³/mol. The lowest BCUT2D eigenvalue weighted by Crippen LogP contribution is -2.09. The van der Waals surface area contributed by atoms with Crippen LogP contribution in [0.1, 0.15) is 44.6 Å². The molecule has 0 aliphatic heterocycles. The summed E-state index contributed by atoms with van der Waals surface area (Å²) in [6.07, 6.45) is 7.20. The van der Waals surface area contributed by atoms with Gasteiger partial charge in [-0.25, -0.2) is 0 Å². The van der Waals surface area contributed by atoms with Crippen molar-refractivity contribution in [3.8, 4) is 16.9 Å². The summed E-state index contributed by atoms with van der Waals surface area (Å²) < 4.78 is 4.78. The van der Waals surface area contributed by atoms with Crippen molar-refractivity contribution in [2.24, 2.45) is 0 Å². The van der Waals surface area contributed by atoms with Gasteiger partial charge >= 0.3 is 0 Å². The number of aryl methyl sites for hydroxylation is 1. The number of para-hydroxylation sites is 1. The molecule has 0 spiro atoms. The third kappa shape index (κ3) is 7.87. The normalized spacial score (nSPS) is 11.5. The predicted octanol–water partition coefficient (Wildman–Crippen LogP) is 8.37. The Balaban J connectivity index is 2.15. The maximum absolute atomic E-state index is 6.33. The first-order valence-electron chi connectivity index (χ1n) is 9.38. The van der Waals surface area contributed by atoms with E-state index < -0.39 is 3.93 Å². The Morgan fingerprint density at radius 3 is 2.31 bits per heavy atom. The van der Waals surface area contributed by atoms with Gasteiger partial charge in [-0.05, 0) is 36.4 Å². The number of halogens is 3. The average Bonchev–Trinajstić information content (AvgIpc) is 2.63. The second kappa shape index (κ2) is 11.7. The van der Waals surface area contributed by atoms with Gasteiger partial charge in [0, 0.05) is 5.56 Å².